The summed E-state index contributed by atoms with van der Waals surface area (Å²) in [6, 6.07) is 8.42. The standard InChI is InChI=1S/C13H18BrClS/c1-2-16-8-7-11(10-15)9-12-5-3-4-6-13(12)14/h3-6,11H,2,7-10H2,1H3. The first-order valence-electron chi connectivity index (χ1n) is 5.65. The molecule has 1 aromatic carbocycles. The van der Waals surface area contributed by atoms with Gasteiger partial charge in [0.2, 0.25) is 0 Å². The van der Waals surface area contributed by atoms with Crippen LogP contribution in [0.1, 0.15) is 18.9 Å². The molecule has 0 bridgehead atoms. The van der Waals surface area contributed by atoms with Crippen molar-refractivity contribution < 1.29 is 0 Å². The van der Waals surface area contributed by atoms with Gasteiger partial charge in [-0.15, -0.1) is 11.6 Å². The van der Waals surface area contributed by atoms with Gasteiger partial charge < -0.3 is 0 Å². The Kier molecular flexibility index (Phi) is 7.59. The number of halogens is 2. The molecule has 0 aliphatic rings. The van der Waals surface area contributed by atoms with Crippen molar-refractivity contribution in [1.29, 1.82) is 0 Å². The van der Waals surface area contributed by atoms with Crippen LogP contribution in [0.5, 0.6) is 0 Å². The fourth-order valence-corrected chi connectivity index (χ4v) is 3.10. The van der Waals surface area contributed by atoms with Gasteiger partial charge in [-0.25, -0.2) is 0 Å². The zero-order chi connectivity index (χ0) is 11.8. The van der Waals surface area contributed by atoms with Gasteiger partial charge >= 0.3 is 0 Å². The van der Waals surface area contributed by atoms with Gasteiger partial charge in [-0.3, -0.25) is 0 Å². The number of thioether (sulfide) groups is 1. The molecule has 0 saturated heterocycles. The molecule has 1 atom stereocenters. The topological polar surface area (TPSA) is 0 Å². The fraction of sp³-hybridized carbons (Fsp3) is 0.538. The second kappa shape index (κ2) is 8.43. The van der Waals surface area contributed by atoms with E-state index < -0.39 is 0 Å². The first kappa shape index (κ1) is 14.4. The number of rotatable bonds is 7. The van der Waals surface area contributed by atoms with Crippen molar-refractivity contribution in [3.63, 3.8) is 0 Å². The Hall–Kier alpha value is 0.340. The van der Waals surface area contributed by atoms with Gasteiger partial charge in [0, 0.05) is 10.4 Å². The summed E-state index contributed by atoms with van der Waals surface area (Å²) in [4.78, 5) is 0. The van der Waals surface area contributed by atoms with Crippen LogP contribution in [0.2, 0.25) is 0 Å². The zero-order valence-corrected chi connectivity index (χ0v) is 12.7. The van der Waals surface area contributed by atoms with E-state index in [1.165, 1.54) is 28.0 Å². The third-order valence-electron chi connectivity index (χ3n) is 2.56. The van der Waals surface area contributed by atoms with Crippen molar-refractivity contribution >= 4 is 39.3 Å². The Balaban J connectivity index is 2.46. The maximum atomic E-state index is 6.02. The van der Waals surface area contributed by atoms with E-state index in [-0.39, 0.29) is 0 Å². The SMILES string of the molecule is CCSCCC(CCl)Cc1ccccc1Br. The van der Waals surface area contributed by atoms with E-state index in [2.05, 4.69) is 47.1 Å². The maximum absolute atomic E-state index is 6.02. The Morgan fingerprint density at radius 2 is 2.12 bits per heavy atom. The highest BCUT2D eigenvalue weighted by molar-refractivity contribution is 9.10. The molecule has 1 rings (SSSR count). The largest absolute Gasteiger partial charge is 0.162 e. The van der Waals surface area contributed by atoms with Gasteiger partial charge in [0.1, 0.15) is 0 Å². The van der Waals surface area contributed by atoms with E-state index in [1.807, 2.05) is 11.8 Å². The Morgan fingerprint density at radius 3 is 2.75 bits per heavy atom. The molecule has 0 aromatic heterocycles. The lowest BCUT2D eigenvalue weighted by Gasteiger charge is -2.14. The molecule has 0 heterocycles. The van der Waals surface area contributed by atoms with Gasteiger partial charge in [-0.2, -0.15) is 11.8 Å². The van der Waals surface area contributed by atoms with Crippen molar-refractivity contribution in [2.24, 2.45) is 5.92 Å². The Labute approximate surface area is 116 Å². The van der Waals surface area contributed by atoms with E-state index in [0.717, 1.165) is 12.3 Å². The molecular weight excluding hydrogens is 304 g/mol. The van der Waals surface area contributed by atoms with Gasteiger partial charge in [-0.05, 0) is 41.9 Å². The third kappa shape index (κ3) is 5.11. The summed E-state index contributed by atoms with van der Waals surface area (Å²) in [5.41, 5.74) is 1.37. The minimum Gasteiger partial charge on any atom is -0.162 e. The van der Waals surface area contributed by atoms with Crippen LogP contribution in [0.4, 0.5) is 0 Å². The summed E-state index contributed by atoms with van der Waals surface area (Å²) in [6.07, 6.45) is 2.29. The fourth-order valence-electron chi connectivity index (χ4n) is 1.60. The van der Waals surface area contributed by atoms with Crippen molar-refractivity contribution in [2.75, 3.05) is 17.4 Å². The summed E-state index contributed by atoms with van der Waals surface area (Å²) < 4.78 is 1.20. The number of hydrogen-bond acceptors (Lipinski definition) is 1. The van der Waals surface area contributed by atoms with Gasteiger partial charge in [0.05, 0.1) is 0 Å². The monoisotopic (exact) mass is 320 g/mol. The van der Waals surface area contributed by atoms with Crippen LogP contribution in [0, 0.1) is 5.92 Å². The van der Waals surface area contributed by atoms with Crippen LogP contribution in [0.3, 0.4) is 0 Å². The van der Waals surface area contributed by atoms with E-state index in [9.17, 15) is 0 Å². The smallest absolute Gasteiger partial charge is 0.0255 e. The molecule has 0 N–H and O–H groups in total. The van der Waals surface area contributed by atoms with E-state index in [1.54, 1.807) is 0 Å². The molecule has 0 saturated carbocycles. The van der Waals surface area contributed by atoms with Crippen molar-refractivity contribution in [1.82, 2.24) is 0 Å². The van der Waals surface area contributed by atoms with Crippen LogP contribution < -0.4 is 0 Å². The Bertz CT molecular complexity index is 304. The molecule has 3 heteroatoms. The third-order valence-corrected chi connectivity index (χ3v) is 4.70. The molecule has 0 nitrogen and oxygen atoms in total. The Morgan fingerprint density at radius 1 is 1.38 bits per heavy atom. The lowest BCUT2D eigenvalue weighted by atomic mass is 9.99. The molecule has 0 aliphatic heterocycles. The van der Waals surface area contributed by atoms with Crippen LogP contribution in [-0.4, -0.2) is 17.4 Å². The van der Waals surface area contributed by atoms with E-state index in [4.69, 9.17) is 11.6 Å². The predicted octanol–water partition coefficient (Wildman–Crippen LogP) is 4.99. The summed E-state index contributed by atoms with van der Waals surface area (Å²) in [6.45, 7) is 2.20. The molecule has 0 aliphatic carbocycles. The van der Waals surface area contributed by atoms with Gasteiger partial charge in [-0.1, -0.05) is 41.1 Å². The minimum absolute atomic E-state index is 0.597. The molecule has 0 fully saturated rings. The highest BCUT2D eigenvalue weighted by atomic mass is 79.9. The number of alkyl halides is 1. The first-order valence-corrected chi connectivity index (χ1v) is 8.13. The van der Waals surface area contributed by atoms with Crippen molar-refractivity contribution in [3.8, 4) is 0 Å². The molecular formula is C13H18BrClS. The summed E-state index contributed by atoms with van der Waals surface area (Å²) in [5.74, 6) is 3.77. The normalized spacial score (nSPS) is 12.7. The average Bonchev–Trinajstić information content (AvgIpc) is 2.30. The van der Waals surface area contributed by atoms with E-state index in [0.29, 0.717) is 5.92 Å². The van der Waals surface area contributed by atoms with Gasteiger partial charge in [0.15, 0.2) is 0 Å². The molecule has 16 heavy (non-hydrogen) atoms. The highest BCUT2D eigenvalue weighted by Crippen LogP contribution is 2.22. The lowest BCUT2D eigenvalue weighted by Crippen LogP contribution is -2.08. The minimum atomic E-state index is 0.597. The van der Waals surface area contributed by atoms with Crippen molar-refractivity contribution in [2.45, 2.75) is 19.8 Å². The predicted molar refractivity (Wildman–Crippen MR) is 79.7 cm³/mol. The van der Waals surface area contributed by atoms with Crippen LogP contribution in [0.25, 0.3) is 0 Å². The summed E-state index contributed by atoms with van der Waals surface area (Å²) >= 11 is 11.6. The van der Waals surface area contributed by atoms with Crippen LogP contribution in [0.15, 0.2) is 28.7 Å². The summed E-state index contributed by atoms with van der Waals surface area (Å²) in [5, 5.41) is 0. The highest BCUT2D eigenvalue weighted by Gasteiger charge is 2.10. The number of benzene rings is 1. The molecule has 0 spiro atoms. The van der Waals surface area contributed by atoms with E-state index >= 15 is 0 Å². The molecule has 1 aromatic rings. The molecule has 0 amide bonds. The van der Waals surface area contributed by atoms with Gasteiger partial charge in [0.25, 0.3) is 0 Å². The van der Waals surface area contributed by atoms with Crippen molar-refractivity contribution in [3.05, 3.63) is 34.3 Å². The second-order valence-electron chi connectivity index (χ2n) is 3.80. The second-order valence-corrected chi connectivity index (χ2v) is 6.36. The maximum Gasteiger partial charge on any atom is 0.0255 e. The zero-order valence-electron chi connectivity index (χ0n) is 9.59. The lowest BCUT2D eigenvalue weighted by molar-refractivity contribution is 0.570. The average molecular weight is 322 g/mol. The quantitative estimate of drug-likeness (QED) is 0.503. The molecule has 0 radical (unpaired) electrons. The van der Waals surface area contributed by atoms with Crippen LogP contribution in [-0.2, 0) is 6.42 Å². The summed E-state index contributed by atoms with van der Waals surface area (Å²) in [7, 11) is 0. The van der Waals surface area contributed by atoms with Crippen LogP contribution >= 0.6 is 39.3 Å². The number of hydrogen-bond donors (Lipinski definition) is 0. The molecule has 1 unspecified atom stereocenters. The molecule has 90 valence electrons. The first-order chi connectivity index (χ1) is 7.77.